The number of rotatable bonds is 8. The molecule has 1 rings (SSSR count). The van der Waals surface area contributed by atoms with Gasteiger partial charge in [-0.25, -0.2) is 0 Å². The first-order valence-corrected chi connectivity index (χ1v) is 6.69. The van der Waals surface area contributed by atoms with Gasteiger partial charge < -0.3 is 14.8 Å². The number of esters is 1. The molecule has 0 heterocycles. The first kappa shape index (κ1) is 16.7. The van der Waals surface area contributed by atoms with Gasteiger partial charge >= 0.3 is 5.97 Å². The van der Waals surface area contributed by atoms with Crippen LogP contribution in [0.4, 0.5) is 0 Å². The Morgan fingerprint density at radius 2 is 1.76 bits per heavy atom. The number of likely N-dealkylation sites (N-methyl/N-ethyl adjacent to an activating group) is 1. The van der Waals surface area contributed by atoms with Gasteiger partial charge in [-0.1, -0.05) is 0 Å². The first-order valence-electron chi connectivity index (χ1n) is 6.69. The van der Waals surface area contributed by atoms with Crippen LogP contribution in [-0.4, -0.2) is 37.9 Å². The number of ketones is 1. The summed E-state index contributed by atoms with van der Waals surface area (Å²) >= 11 is 0. The van der Waals surface area contributed by atoms with Crippen molar-refractivity contribution < 1.29 is 23.9 Å². The molecule has 21 heavy (non-hydrogen) atoms. The molecule has 6 heteroatoms. The van der Waals surface area contributed by atoms with Crippen molar-refractivity contribution in [3.63, 3.8) is 0 Å². The van der Waals surface area contributed by atoms with E-state index in [4.69, 9.17) is 9.47 Å². The SMILES string of the molecule is CCOc1ccc(C(=O)CCC(=O)OCC(=O)NC)cc1. The highest BCUT2D eigenvalue weighted by Crippen LogP contribution is 2.14. The van der Waals surface area contributed by atoms with E-state index in [2.05, 4.69) is 5.32 Å². The molecule has 0 aliphatic heterocycles. The van der Waals surface area contributed by atoms with E-state index in [0.29, 0.717) is 17.9 Å². The molecule has 0 unspecified atom stereocenters. The van der Waals surface area contributed by atoms with Crippen molar-refractivity contribution in [2.45, 2.75) is 19.8 Å². The lowest BCUT2D eigenvalue weighted by Gasteiger charge is -2.05. The van der Waals surface area contributed by atoms with Gasteiger partial charge in [0.15, 0.2) is 12.4 Å². The molecule has 0 aliphatic rings. The lowest BCUT2D eigenvalue weighted by molar-refractivity contribution is -0.148. The number of Topliss-reactive ketones (excluding diaryl/α,β-unsaturated/α-hetero) is 1. The number of benzene rings is 1. The monoisotopic (exact) mass is 293 g/mol. The van der Waals surface area contributed by atoms with Crippen LogP contribution in [0.15, 0.2) is 24.3 Å². The Morgan fingerprint density at radius 1 is 1.10 bits per heavy atom. The Bertz CT molecular complexity index is 495. The molecule has 0 spiro atoms. The summed E-state index contributed by atoms with van der Waals surface area (Å²) in [5.74, 6) is -0.423. The Hall–Kier alpha value is -2.37. The molecule has 0 fully saturated rings. The normalized spacial score (nSPS) is 9.81. The summed E-state index contributed by atoms with van der Waals surface area (Å²) in [6.45, 7) is 2.11. The van der Waals surface area contributed by atoms with Crippen LogP contribution in [0.5, 0.6) is 5.75 Å². The molecule has 0 aliphatic carbocycles. The summed E-state index contributed by atoms with van der Waals surface area (Å²) in [7, 11) is 1.45. The predicted molar refractivity (Wildman–Crippen MR) is 76.2 cm³/mol. The highest BCUT2D eigenvalue weighted by molar-refractivity contribution is 5.97. The minimum Gasteiger partial charge on any atom is -0.494 e. The van der Waals surface area contributed by atoms with Gasteiger partial charge in [0.25, 0.3) is 5.91 Å². The topological polar surface area (TPSA) is 81.7 Å². The van der Waals surface area contributed by atoms with Crippen LogP contribution < -0.4 is 10.1 Å². The summed E-state index contributed by atoms with van der Waals surface area (Å²) in [5.41, 5.74) is 0.512. The predicted octanol–water partition coefficient (Wildman–Crippen LogP) is 1.34. The molecule has 0 saturated heterocycles. The van der Waals surface area contributed by atoms with Gasteiger partial charge in [-0.05, 0) is 31.2 Å². The second-order valence-electron chi connectivity index (χ2n) is 4.21. The molecule has 0 saturated carbocycles. The van der Waals surface area contributed by atoms with Crippen LogP contribution in [0.3, 0.4) is 0 Å². The summed E-state index contributed by atoms with van der Waals surface area (Å²) in [4.78, 5) is 34.1. The highest BCUT2D eigenvalue weighted by Gasteiger charge is 2.11. The number of nitrogens with one attached hydrogen (secondary N) is 1. The van der Waals surface area contributed by atoms with Crippen molar-refractivity contribution in [2.24, 2.45) is 0 Å². The Kier molecular flexibility index (Phi) is 6.94. The van der Waals surface area contributed by atoms with Crippen molar-refractivity contribution in [1.82, 2.24) is 5.32 Å². The number of hydrogen-bond acceptors (Lipinski definition) is 5. The van der Waals surface area contributed by atoms with Crippen molar-refractivity contribution >= 4 is 17.7 Å². The standard InChI is InChI=1S/C15H19NO5/c1-3-20-12-6-4-11(5-7-12)13(17)8-9-15(19)21-10-14(18)16-2/h4-7H,3,8-10H2,1-2H3,(H,16,18). The van der Waals surface area contributed by atoms with Crippen molar-refractivity contribution in [2.75, 3.05) is 20.3 Å². The van der Waals surface area contributed by atoms with Gasteiger partial charge in [0.1, 0.15) is 5.75 Å². The van der Waals surface area contributed by atoms with Crippen LogP contribution in [0.2, 0.25) is 0 Å². The Labute approximate surface area is 123 Å². The van der Waals surface area contributed by atoms with Crippen molar-refractivity contribution in [3.8, 4) is 5.75 Å². The minimum atomic E-state index is -0.571. The van der Waals surface area contributed by atoms with Gasteiger partial charge in [-0.15, -0.1) is 0 Å². The van der Waals surface area contributed by atoms with Crippen LogP contribution in [-0.2, 0) is 14.3 Å². The van der Waals surface area contributed by atoms with E-state index in [9.17, 15) is 14.4 Å². The number of hydrogen-bond donors (Lipinski definition) is 1. The van der Waals surface area contributed by atoms with Gasteiger partial charge in [-0.2, -0.15) is 0 Å². The maximum absolute atomic E-state index is 11.9. The molecular formula is C15H19NO5. The maximum Gasteiger partial charge on any atom is 0.306 e. The zero-order valence-electron chi connectivity index (χ0n) is 12.2. The van der Waals surface area contributed by atoms with Crippen molar-refractivity contribution in [3.05, 3.63) is 29.8 Å². The van der Waals surface area contributed by atoms with E-state index in [-0.39, 0.29) is 31.1 Å². The van der Waals surface area contributed by atoms with Gasteiger partial charge in [-0.3, -0.25) is 14.4 Å². The van der Waals surface area contributed by atoms with E-state index >= 15 is 0 Å². The van der Waals surface area contributed by atoms with E-state index in [1.165, 1.54) is 7.05 Å². The Balaban J connectivity index is 2.39. The summed E-state index contributed by atoms with van der Waals surface area (Å²) in [5, 5.41) is 2.33. The van der Waals surface area contributed by atoms with Crippen LogP contribution in [0, 0.1) is 0 Å². The zero-order chi connectivity index (χ0) is 15.7. The second kappa shape index (κ2) is 8.73. The average molecular weight is 293 g/mol. The third-order valence-corrected chi connectivity index (χ3v) is 2.69. The van der Waals surface area contributed by atoms with E-state index in [0.717, 1.165) is 0 Å². The Morgan fingerprint density at radius 3 is 2.33 bits per heavy atom. The fraction of sp³-hybridized carbons (Fsp3) is 0.400. The molecule has 6 nitrogen and oxygen atoms in total. The molecule has 1 aromatic carbocycles. The molecule has 0 bridgehead atoms. The summed E-state index contributed by atoms with van der Waals surface area (Å²) in [6, 6.07) is 6.73. The lowest BCUT2D eigenvalue weighted by Crippen LogP contribution is -2.25. The van der Waals surface area contributed by atoms with E-state index in [1.54, 1.807) is 24.3 Å². The quantitative estimate of drug-likeness (QED) is 0.578. The number of amides is 1. The lowest BCUT2D eigenvalue weighted by atomic mass is 10.1. The molecule has 0 radical (unpaired) electrons. The van der Waals surface area contributed by atoms with Gasteiger partial charge in [0.05, 0.1) is 13.0 Å². The third-order valence-electron chi connectivity index (χ3n) is 2.69. The molecule has 0 aromatic heterocycles. The maximum atomic E-state index is 11.9. The number of carbonyl (C=O) groups is 3. The minimum absolute atomic E-state index is 0.0422. The fourth-order valence-electron chi connectivity index (χ4n) is 1.55. The van der Waals surface area contributed by atoms with Gasteiger partial charge in [0.2, 0.25) is 0 Å². The van der Waals surface area contributed by atoms with E-state index < -0.39 is 5.97 Å². The average Bonchev–Trinajstić information content (AvgIpc) is 2.51. The van der Waals surface area contributed by atoms with Crippen molar-refractivity contribution in [1.29, 1.82) is 0 Å². The summed E-state index contributed by atoms with van der Waals surface area (Å²) in [6.07, 6.45) is -0.0103. The van der Waals surface area contributed by atoms with E-state index in [1.807, 2.05) is 6.92 Å². The summed E-state index contributed by atoms with van der Waals surface area (Å²) < 4.78 is 9.99. The molecule has 1 N–H and O–H groups in total. The largest absolute Gasteiger partial charge is 0.494 e. The highest BCUT2D eigenvalue weighted by atomic mass is 16.5. The second-order valence-corrected chi connectivity index (χ2v) is 4.21. The van der Waals surface area contributed by atoms with Crippen LogP contribution in [0.25, 0.3) is 0 Å². The molecule has 1 aromatic rings. The third kappa shape index (κ3) is 6.07. The first-order chi connectivity index (χ1) is 10.1. The zero-order valence-corrected chi connectivity index (χ0v) is 12.2. The molecule has 0 atom stereocenters. The number of ether oxygens (including phenoxy) is 2. The van der Waals surface area contributed by atoms with Crippen LogP contribution in [0.1, 0.15) is 30.1 Å². The smallest absolute Gasteiger partial charge is 0.306 e. The molecule has 114 valence electrons. The van der Waals surface area contributed by atoms with Gasteiger partial charge in [0, 0.05) is 19.0 Å². The van der Waals surface area contributed by atoms with Crippen LogP contribution >= 0.6 is 0 Å². The fourth-order valence-corrected chi connectivity index (χ4v) is 1.55. The number of carbonyl (C=O) groups excluding carboxylic acids is 3. The molecule has 1 amide bonds. The molecular weight excluding hydrogens is 274 g/mol.